The number of rotatable bonds is 2. The highest BCUT2D eigenvalue weighted by molar-refractivity contribution is 14.1. The first kappa shape index (κ1) is 14.3. The topological polar surface area (TPSA) is 49.3 Å². The maximum atomic E-state index is 13.5. The molecule has 0 atom stereocenters. The molecule has 0 saturated heterocycles. The number of nitrogens with one attached hydrogen (secondary N) is 1. The third kappa shape index (κ3) is 3.44. The predicted octanol–water partition coefficient (Wildman–Crippen LogP) is 4.15. The fraction of sp³-hybridized carbons (Fsp3) is 0. The molecule has 0 radical (unpaired) electrons. The van der Waals surface area contributed by atoms with Gasteiger partial charge >= 0.3 is 0 Å². The Balaban J connectivity index is 2.28. The van der Waals surface area contributed by atoms with Crippen LogP contribution >= 0.6 is 38.5 Å². The fourth-order valence-electron chi connectivity index (χ4n) is 1.47. The van der Waals surface area contributed by atoms with Crippen molar-refractivity contribution in [1.82, 2.24) is 0 Å². The van der Waals surface area contributed by atoms with Crippen LogP contribution in [0.2, 0.25) is 0 Å². The molecular formula is C13H8BrFINO2. The van der Waals surface area contributed by atoms with E-state index in [0.717, 1.165) is 9.64 Å². The third-order valence-corrected chi connectivity index (χ3v) is 3.74. The van der Waals surface area contributed by atoms with Gasteiger partial charge in [-0.25, -0.2) is 4.39 Å². The molecule has 0 saturated carbocycles. The molecule has 2 rings (SSSR count). The van der Waals surface area contributed by atoms with Gasteiger partial charge in [0.25, 0.3) is 5.91 Å². The summed E-state index contributed by atoms with van der Waals surface area (Å²) >= 11 is 5.37. The van der Waals surface area contributed by atoms with Crippen molar-refractivity contribution in [3.63, 3.8) is 0 Å². The molecule has 98 valence electrons. The molecule has 0 heterocycles. The fourth-order valence-corrected chi connectivity index (χ4v) is 2.38. The van der Waals surface area contributed by atoms with Crippen LogP contribution in [-0.2, 0) is 0 Å². The van der Waals surface area contributed by atoms with E-state index in [1.807, 2.05) is 6.07 Å². The molecule has 2 aromatic rings. The lowest BCUT2D eigenvalue weighted by molar-refractivity contribution is 0.102. The van der Waals surface area contributed by atoms with E-state index in [9.17, 15) is 9.18 Å². The van der Waals surface area contributed by atoms with E-state index in [1.165, 1.54) is 12.1 Å². The number of carbonyl (C=O) groups excluding carboxylic acids is 1. The van der Waals surface area contributed by atoms with Crippen molar-refractivity contribution in [3.05, 3.63) is 55.8 Å². The van der Waals surface area contributed by atoms with Gasteiger partial charge in [0, 0.05) is 14.1 Å². The number of phenols is 1. The molecule has 0 aliphatic carbocycles. The Labute approximate surface area is 131 Å². The van der Waals surface area contributed by atoms with E-state index in [1.54, 1.807) is 12.1 Å². The number of halogens is 3. The highest BCUT2D eigenvalue weighted by atomic mass is 127. The summed E-state index contributed by atoms with van der Waals surface area (Å²) in [6.45, 7) is 0. The van der Waals surface area contributed by atoms with Crippen LogP contribution in [0, 0.1) is 9.39 Å². The Morgan fingerprint density at radius 2 is 2.00 bits per heavy atom. The molecule has 1 amide bonds. The van der Waals surface area contributed by atoms with Crippen LogP contribution in [0.4, 0.5) is 10.1 Å². The lowest BCUT2D eigenvalue weighted by Crippen LogP contribution is -2.13. The molecule has 0 aromatic heterocycles. The van der Waals surface area contributed by atoms with Crippen LogP contribution in [0.15, 0.2) is 40.9 Å². The van der Waals surface area contributed by atoms with E-state index in [4.69, 9.17) is 5.11 Å². The van der Waals surface area contributed by atoms with Crippen LogP contribution in [-0.4, -0.2) is 11.0 Å². The molecule has 6 heteroatoms. The standard InChI is InChI=1S/C13H8BrFINO2/c14-10-3-1-7(16)5-9(10)13(19)17-12-4-2-8(18)6-11(12)15/h1-6,18H,(H,17,19). The number of amides is 1. The van der Waals surface area contributed by atoms with Crippen molar-refractivity contribution in [3.8, 4) is 5.75 Å². The summed E-state index contributed by atoms with van der Waals surface area (Å²) < 4.78 is 15.0. The smallest absolute Gasteiger partial charge is 0.256 e. The Morgan fingerprint density at radius 3 is 2.68 bits per heavy atom. The van der Waals surface area contributed by atoms with Gasteiger partial charge in [0.2, 0.25) is 0 Å². The molecule has 19 heavy (non-hydrogen) atoms. The number of hydrogen-bond donors (Lipinski definition) is 2. The van der Waals surface area contributed by atoms with Crippen molar-refractivity contribution >= 4 is 50.1 Å². The number of carbonyl (C=O) groups is 1. The molecule has 0 spiro atoms. The molecule has 0 unspecified atom stereocenters. The zero-order valence-corrected chi connectivity index (χ0v) is 13.2. The molecule has 3 nitrogen and oxygen atoms in total. The highest BCUT2D eigenvalue weighted by Gasteiger charge is 2.13. The summed E-state index contributed by atoms with van der Waals surface area (Å²) in [5.41, 5.74) is 0.438. The van der Waals surface area contributed by atoms with Crippen LogP contribution < -0.4 is 5.32 Å². The minimum Gasteiger partial charge on any atom is -0.508 e. The first-order chi connectivity index (χ1) is 8.97. The summed E-state index contributed by atoms with van der Waals surface area (Å²) in [5.74, 6) is -1.30. The molecule has 2 N–H and O–H groups in total. The first-order valence-corrected chi connectivity index (χ1v) is 7.09. The normalized spacial score (nSPS) is 10.3. The lowest BCUT2D eigenvalue weighted by atomic mass is 10.2. The van der Waals surface area contributed by atoms with Crippen LogP contribution in [0.25, 0.3) is 0 Å². The SMILES string of the molecule is O=C(Nc1ccc(O)cc1F)c1cc(I)ccc1Br. The average Bonchev–Trinajstić information content (AvgIpc) is 2.35. The highest BCUT2D eigenvalue weighted by Crippen LogP contribution is 2.23. The summed E-state index contributed by atoms with van der Waals surface area (Å²) in [5, 5.41) is 11.6. The molecule has 0 aliphatic rings. The number of anilines is 1. The lowest BCUT2D eigenvalue weighted by Gasteiger charge is -2.08. The van der Waals surface area contributed by atoms with Gasteiger partial charge in [-0.3, -0.25) is 4.79 Å². The second-order valence-electron chi connectivity index (χ2n) is 3.74. The first-order valence-electron chi connectivity index (χ1n) is 5.22. The molecule has 0 aliphatic heterocycles. The summed E-state index contributed by atoms with van der Waals surface area (Å²) in [6, 6.07) is 8.86. The van der Waals surface area contributed by atoms with Gasteiger partial charge < -0.3 is 10.4 Å². The molecular weight excluding hydrogens is 428 g/mol. The molecule has 2 aromatic carbocycles. The summed E-state index contributed by atoms with van der Waals surface area (Å²) in [7, 11) is 0. The van der Waals surface area contributed by atoms with Gasteiger partial charge in [0.1, 0.15) is 11.6 Å². The number of aromatic hydroxyl groups is 1. The quantitative estimate of drug-likeness (QED) is 0.550. The Morgan fingerprint density at radius 1 is 1.26 bits per heavy atom. The van der Waals surface area contributed by atoms with Gasteiger partial charge in [-0.1, -0.05) is 0 Å². The Hall–Kier alpha value is -1.15. The maximum Gasteiger partial charge on any atom is 0.256 e. The van der Waals surface area contributed by atoms with E-state index < -0.39 is 11.7 Å². The zero-order chi connectivity index (χ0) is 14.0. The van der Waals surface area contributed by atoms with Crippen LogP contribution in [0.5, 0.6) is 5.75 Å². The van der Waals surface area contributed by atoms with E-state index in [0.29, 0.717) is 10.0 Å². The molecule has 0 bridgehead atoms. The second kappa shape index (κ2) is 5.87. The Bertz CT molecular complexity index is 649. The van der Waals surface area contributed by atoms with Gasteiger partial charge in [-0.05, 0) is 68.9 Å². The van der Waals surface area contributed by atoms with Crippen LogP contribution in [0.1, 0.15) is 10.4 Å². The van der Waals surface area contributed by atoms with Gasteiger partial charge in [0.05, 0.1) is 11.3 Å². The second-order valence-corrected chi connectivity index (χ2v) is 5.84. The maximum absolute atomic E-state index is 13.5. The van der Waals surface area contributed by atoms with Crippen molar-refractivity contribution in [1.29, 1.82) is 0 Å². The van der Waals surface area contributed by atoms with Crippen molar-refractivity contribution in [2.75, 3.05) is 5.32 Å². The van der Waals surface area contributed by atoms with Gasteiger partial charge in [0.15, 0.2) is 0 Å². The zero-order valence-electron chi connectivity index (χ0n) is 9.45. The van der Waals surface area contributed by atoms with Crippen LogP contribution in [0.3, 0.4) is 0 Å². The summed E-state index contributed by atoms with van der Waals surface area (Å²) in [4.78, 5) is 12.1. The number of phenolic OH excluding ortho intramolecular Hbond substituents is 1. The van der Waals surface area contributed by atoms with Crippen molar-refractivity contribution in [2.24, 2.45) is 0 Å². The summed E-state index contributed by atoms with van der Waals surface area (Å²) in [6.07, 6.45) is 0. The average molecular weight is 436 g/mol. The largest absolute Gasteiger partial charge is 0.508 e. The number of benzene rings is 2. The van der Waals surface area contributed by atoms with E-state index in [2.05, 4.69) is 43.8 Å². The third-order valence-electron chi connectivity index (χ3n) is 2.37. The minimum atomic E-state index is -0.685. The predicted molar refractivity (Wildman–Crippen MR) is 82.9 cm³/mol. The Kier molecular flexibility index (Phi) is 4.41. The monoisotopic (exact) mass is 435 g/mol. The van der Waals surface area contributed by atoms with Crippen molar-refractivity contribution in [2.45, 2.75) is 0 Å². The van der Waals surface area contributed by atoms with Gasteiger partial charge in [-0.2, -0.15) is 0 Å². The minimum absolute atomic E-state index is 0.0218. The van der Waals surface area contributed by atoms with Gasteiger partial charge in [-0.15, -0.1) is 0 Å². The van der Waals surface area contributed by atoms with E-state index >= 15 is 0 Å². The number of hydrogen-bond acceptors (Lipinski definition) is 2. The molecule has 0 fully saturated rings. The van der Waals surface area contributed by atoms with Crippen molar-refractivity contribution < 1.29 is 14.3 Å². The van der Waals surface area contributed by atoms with E-state index in [-0.39, 0.29) is 11.4 Å².